The molecule has 0 aromatic heterocycles. The van der Waals surface area contributed by atoms with Gasteiger partial charge in [0.25, 0.3) is 0 Å². The van der Waals surface area contributed by atoms with E-state index in [1.54, 1.807) is 0 Å². The van der Waals surface area contributed by atoms with Gasteiger partial charge in [0.1, 0.15) is 0 Å². The minimum absolute atomic E-state index is 0.709. The van der Waals surface area contributed by atoms with E-state index in [1.165, 1.54) is 35.7 Å². The van der Waals surface area contributed by atoms with Crippen LogP contribution in [0.2, 0.25) is 0 Å². The Balaban J connectivity index is 1.89. The third kappa shape index (κ3) is 3.08. The van der Waals surface area contributed by atoms with Crippen molar-refractivity contribution >= 4 is 15.9 Å². The van der Waals surface area contributed by atoms with Crippen LogP contribution in [-0.4, -0.2) is 6.04 Å². The molecular weight excluding hydrogens is 262 g/mol. The Hall–Kier alpha value is -0.340. The molecule has 1 aliphatic rings. The molecule has 0 aliphatic heterocycles. The highest BCUT2D eigenvalue weighted by molar-refractivity contribution is 9.10. The van der Waals surface area contributed by atoms with Crippen molar-refractivity contribution in [3.8, 4) is 0 Å². The molecule has 88 valence electrons. The van der Waals surface area contributed by atoms with Crippen LogP contribution in [0.1, 0.15) is 38.2 Å². The summed E-state index contributed by atoms with van der Waals surface area (Å²) in [5, 5.41) is 3.70. The molecule has 2 unspecified atom stereocenters. The van der Waals surface area contributed by atoms with E-state index in [4.69, 9.17) is 0 Å². The molecule has 0 bridgehead atoms. The summed E-state index contributed by atoms with van der Waals surface area (Å²) in [6.45, 7) is 3.35. The van der Waals surface area contributed by atoms with Crippen molar-refractivity contribution in [2.75, 3.05) is 0 Å². The van der Waals surface area contributed by atoms with Crippen LogP contribution in [0.5, 0.6) is 0 Å². The van der Waals surface area contributed by atoms with Gasteiger partial charge < -0.3 is 5.32 Å². The molecule has 1 aromatic carbocycles. The van der Waals surface area contributed by atoms with Gasteiger partial charge in [-0.25, -0.2) is 0 Å². The van der Waals surface area contributed by atoms with Crippen molar-refractivity contribution in [2.45, 2.75) is 45.2 Å². The molecule has 0 radical (unpaired) electrons. The zero-order valence-electron chi connectivity index (χ0n) is 9.88. The Labute approximate surface area is 107 Å². The summed E-state index contributed by atoms with van der Waals surface area (Å²) in [7, 11) is 0. The zero-order chi connectivity index (χ0) is 11.4. The minimum atomic E-state index is 0.709. The Morgan fingerprint density at radius 3 is 2.75 bits per heavy atom. The molecule has 0 spiro atoms. The summed E-state index contributed by atoms with van der Waals surface area (Å²) in [5.74, 6) is 0.830. The van der Waals surface area contributed by atoms with E-state index in [0.717, 1.165) is 12.5 Å². The van der Waals surface area contributed by atoms with Crippen LogP contribution in [0.3, 0.4) is 0 Å². The first-order valence-electron chi connectivity index (χ1n) is 6.24. The highest BCUT2D eigenvalue weighted by Crippen LogP contribution is 2.24. The highest BCUT2D eigenvalue weighted by Gasteiger charge is 2.20. The lowest BCUT2D eigenvalue weighted by atomic mass is 9.86. The lowest BCUT2D eigenvalue weighted by Crippen LogP contribution is -2.36. The Morgan fingerprint density at radius 2 is 2.00 bits per heavy atom. The lowest BCUT2D eigenvalue weighted by Gasteiger charge is -2.29. The minimum Gasteiger partial charge on any atom is -0.310 e. The van der Waals surface area contributed by atoms with Gasteiger partial charge in [-0.1, -0.05) is 53.9 Å². The molecule has 1 aliphatic carbocycles. The molecule has 1 aromatic rings. The second-order valence-electron chi connectivity index (χ2n) is 4.84. The predicted molar refractivity (Wildman–Crippen MR) is 72.4 cm³/mol. The Bertz CT molecular complexity index is 337. The first-order valence-corrected chi connectivity index (χ1v) is 7.03. The molecule has 1 nitrogen and oxygen atoms in total. The van der Waals surface area contributed by atoms with E-state index in [-0.39, 0.29) is 0 Å². The van der Waals surface area contributed by atoms with Crippen LogP contribution in [0, 0.1) is 5.92 Å². The quantitative estimate of drug-likeness (QED) is 0.879. The van der Waals surface area contributed by atoms with E-state index >= 15 is 0 Å². The van der Waals surface area contributed by atoms with E-state index in [2.05, 4.69) is 52.4 Å². The third-order valence-electron chi connectivity index (χ3n) is 3.62. The average molecular weight is 282 g/mol. The first-order chi connectivity index (χ1) is 7.77. The van der Waals surface area contributed by atoms with Crippen LogP contribution in [0.15, 0.2) is 28.7 Å². The SMILES string of the molecule is CC1CCCCC1NCc1ccccc1Br. The topological polar surface area (TPSA) is 12.0 Å². The fraction of sp³-hybridized carbons (Fsp3) is 0.571. The fourth-order valence-electron chi connectivity index (χ4n) is 2.50. The molecule has 2 heteroatoms. The lowest BCUT2D eigenvalue weighted by molar-refractivity contribution is 0.279. The van der Waals surface area contributed by atoms with Crippen molar-refractivity contribution < 1.29 is 0 Å². The molecule has 1 fully saturated rings. The molecular formula is C14H20BrN. The summed E-state index contributed by atoms with van der Waals surface area (Å²) < 4.78 is 1.21. The summed E-state index contributed by atoms with van der Waals surface area (Å²) >= 11 is 3.60. The van der Waals surface area contributed by atoms with Crippen LogP contribution in [0.4, 0.5) is 0 Å². The molecule has 2 atom stereocenters. The number of benzene rings is 1. The third-order valence-corrected chi connectivity index (χ3v) is 4.40. The van der Waals surface area contributed by atoms with Crippen molar-refractivity contribution in [3.05, 3.63) is 34.3 Å². The molecule has 0 amide bonds. The second-order valence-corrected chi connectivity index (χ2v) is 5.69. The van der Waals surface area contributed by atoms with Crippen molar-refractivity contribution in [3.63, 3.8) is 0 Å². The number of hydrogen-bond donors (Lipinski definition) is 1. The van der Waals surface area contributed by atoms with Gasteiger partial charge in [0.2, 0.25) is 0 Å². The first kappa shape index (κ1) is 12.1. The van der Waals surface area contributed by atoms with E-state index in [1.807, 2.05) is 0 Å². The number of hydrogen-bond acceptors (Lipinski definition) is 1. The number of halogens is 1. The maximum atomic E-state index is 3.70. The number of rotatable bonds is 3. The molecule has 1 saturated carbocycles. The van der Waals surface area contributed by atoms with Gasteiger partial charge in [-0.05, 0) is 30.4 Å². The number of nitrogens with one attached hydrogen (secondary N) is 1. The predicted octanol–water partition coefficient (Wildman–Crippen LogP) is 4.12. The highest BCUT2D eigenvalue weighted by atomic mass is 79.9. The van der Waals surface area contributed by atoms with E-state index < -0.39 is 0 Å². The van der Waals surface area contributed by atoms with E-state index in [0.29, 0.717) is 6.04 Å². The van der Waals surface area contributed by atoms with Gasteiger partial charge in [0, 0.05) is 17.1 Å². The van der Waals surface area contributed by atoms with Crippen LogP contribution >= 0.6 is 15.9 Å². The zero-order valence-corrected chi connectivity index (χ0v) is 11.5. The van der Waals surface area contributed by atoms with Gasteiger partial charge in [0.05, 0.1) is 0 Å². The average Bonchev–Trinajstić information content (AvgIpc) is 2.30. The molecule has 1 N–H and O–H groups in total. The molecule has 2 rings (SSSR count). The van der Waals surface area contributed by atoms with Crippen molar-refractivity contribution in [1.29, 1.82) is 0 Å². The normalized spacial score (nSPS) is 25.6. The summed E-state index contributed by atoms with van der Waals surface area (Å²) in [4.78, 5) is 0. The Kier molecular flexibility index (Phi) is 4.42. The molecule has 0 saturated heterocycles. The Morgan fingerprint density at radius 1 is 1.25 bits per heavy atom. The van der Waals surface area contributed by atoms with Gasteiger partial charge in [-0.3, -0.25) is 0 Å². The van der Waals surface area contributed by atoms with Crippen LogP contribution in [0.25, 0.3) is 0 Å². The standard InChI is InChI=1S/C14H20BrN/c1-11-6-2-5-9-14(11)16-10-12-7-3-4-8-13(12)15/h3-4,7-8,11,14,16H,2,5-6,9-10H2,1H3. The summed E-state index contributed by atoms with van der Waals surface area (Å²) in [6, 6.07) is 9.18. The van der Waals surface area contributed by atoms with Gasteiger partial charge >= 0.3 is 0 Å². The molecule has 0 heterocycles. The van der Waals surface area contributed by atoms with E-state index in [9.17, 15) is 0 Å². The van der Waals surface area contributed by atoms with Crippen molar-refractivity contribution in [2.24, 2.45) is 5.92 Å². The second kappa shape index (κ2) is 5.83. The van der Waals surface area contributed by atoms with Gasteiger partial charge in [-0.2, -0.15) is 0 Å². The van der Waals surface area contributed by atoms with Gasteiger partial charge in [0.15, 0.2) is 0 Å². The fourth-order valence-corrected chi connectivity index (χ4v) is 2.93. The maximum absolute atomic E-state index is 3.70. The van der Waals surface area contributed by atoms with Gasteiger partial charge in [-0.15, -0.1) is 0 Å². The smallest absolute Gasteiger partial charge is 0.0220 e. The largest absolute Gasteiger partial charge is 0.310 e. The van der Waals surface area contributed by atoms with Crippen molar-refractivity contribution in [1.82, 2.24) is 5.32 Å². The van der Waals surface area contributed by atoms with Crippen LogP contribution < -0.4 is 5.32 Å². The van der Waals surface area contributed by atoms with Crippen LogP contribution in [-0.2, 0) is 6.54 Å². The molecule has 16 heavy (non-hydrogen) atoms. The monoisotopic (exact) mass is 281 g/mol. The summed E-state index contributed by atoms with van der Waals surface area (Å²) in [5.41, 5.74) is 1.36. The summed E-state index contributed by atoms with van der Waals surface area (Å²) in [6.07, 6.45) is 5.52. The maximum Gasteiger partial charge on any atom is 0.0220 e.